The van der Waals surface area contributed by atoms with E-state index >= 15 is 0 Å². The molecule has 8 nitrogen and oxygen atoms in total. The zero-order valence-corrected chi connectivity index (χ0v) is 20.5. The molecule has 2 atom stereocenters. The molecule has 0 aromatic heterocycles. The van der Waals surface area contributed by atoms with Crippen LogP contribution < -0.4 is 20.4 Å². The molecule has 9 heteroatoms. The summed E-state index contributed by atoms with van der Waals surface area (Å²) in [6.07, 6.45) is 0.634. The number of carboxylic acids is 2. The molecule has 0 saturated carbocycles. The van der Waals surface area contributed by atoms with Crippen molar-refractivity contribution in [3.63, 3.8) is 0 Å². The number of carbonyl (C=O) groups is 4. The van der Waals surface area contributed by atoms with Crippen molar-refractivity contribution in [1.82, 2.24) is 0 Å². The second-order valence-corrected chi connectivity index (χ2v) is 6.90. The molecule has 0 radical (unpaired) electrons. The van der Waals surface area contributed by atoms with Crippen LogP contribution in [-0.4, -0.2) is 36.7 Å². The average Bonchev–Trinajstić information content (AvgIpc) is 2.56. The summed E-state index contributed by atoms with van der Waals surface area (Å²) in [6, 6.07) is 0. The molecule has 0 amide bonds. The van der Waals surface area contributed by atoms with E-state index in [-0.39, 0.29) is 46.5 Å². The van der Waals surface area contributed by atoms with Gasteiger partial charge in [-0.2, -0.15) is 0 Å². The van der Waals surface area contributed by atoms with Crippen LogP contribution in [0, 0.1) is 23.7 Å². The van der Waals surface area contributed by atoms with E-state index in [1.54, 1.807) is 13.8 Å². The molecule has 0 bridgehead atoms. The summed E-state index contributed by atoms with van der Waals surface area (Å²) >= 11 is 0. The van der Waals surface area contributed by atoms with Crippen LogP contribution in [0.15, 0.2) is 0 Å². The van der Waals surface area contributed by atoms with Gasteiger partial charge in [0.05, 0.1) is 23.8 Å². The van der Waals surface area contributed by atoms with Crippen molar-refractivity contribution in [2.24, 2.45) is 23.7 Å². The van der Waals surface area contributed by atoms with Gasteiger partial charge in [0, 0.05) is 0 Å². The van der Waals surface area contributed by atoms with E-state index in [4.69, 9.17) is 0 Å². The van der Waals surface area contributed by atoms with Crippen molar-refractivity contribution in [2.45, 2.75) is 68.2 Å². The first-order valence-electron chi connectivity index (χ1n) is 9.31. The zero-order chi connectivity index (χ0) is 23.4. The molecule has 168 valence electrons. The third kappa shape index (κ3) is 31.8. The molecule has 0 fully saturated rings. The van der Waals surface area contributed by atoms with Gasteiger partial charge in [-0.05, 0) is 26.7 Å². The van der Waals surface area contributed by atoms with Gasteiger partial charge in [0.1, 0.15) is 11.6 Å². The number of aliphatic carboxylic acids is 2. The maximum absolute atomic E-state index is 10.4. The molecule has 2 unspecified atom stereocenters. The second-order valence-electron chi connectivity index (χ2n) is 6.90. The minimum atomic E-state index is -1.27. The van der Waals surface area contributed by atoms with E-state index in [2.05, 4.69) is 0 Å². The van der Waals surface area contributed by atoms with Crippen molar-refractivity contribution in [1.29, 1.82) is 0 Å². The van der Waals surface area contributed by atoms with Crippen molar-refractivity contribution in [3.8, 4) is 0 Å². The normalized spacial score (nSPS) is 11.2. The Morgan fingerprint density at radius 3 is 0.828 bits per heavy atom. The number of ketones is 2. The fraction of sp³-hybridized carbons (Fsp3) is 0.800. The number of carbonyl (C=O) groups excluding carboxylic acids is 4. The topological polar surface area (TPSA) is 161 Å². The van der Waals surface area contributed by atoms with Crippen LogP contribution in [0.25, 0.3) is 0 Å². The van der Waals surface area contributed by atoms with E-state index in [0.29, 0.717) is 24.7 Å². The summed E-state index contributed by atoms with van der Waals surface area (Å²) in [5.74, 6) is -4.38. The minimum Gasteiger partial charge on any atom is -0.854 e. The average molecular weight is 452 g/mol. The molecule has 0 N–H and O–H groups in total. The van der Waals surface area contributed by atoms with Crippen LogP contribution in [0.1, 0.15) is 68.2 Å². The Balaban J connectivity index is -0.0000000907. The van der Waals surface area contributed by atoms with E-state index in [1.165, 1.54) is 13.8 Å². The van der Waals surface area contributed by atoms with Gasteiger partial charge in [0.25, 0.3) is 0 Å². The minimum absolute atomic E-state index is 0. The molecule has 0 saturated heterocycles. The summed E-state index contributed by atoms with van der Waals surface area (Å²) in [7, 11) is 0. The van der Waals surface area contributed by atoms with Crippen LogP contribution in [0.4, 0.5) is 0 Å². The third-order valence-electron chi connectivity index (χ3n) is 3.03. The molecule has 0 aliphatic carbocycles. The van der Waals surface area contributed by atoms with Crippen molar-refractivity contribution in [3.05, 3.63) is 0 Å². The fourth-order valence-electron chi connectivity index (χ4n) is 1.24. The summed E-state index contributed by atoms with van der Waals surface area (Å²) in [6.45, 7) is 13.5. The SMILES string of the molecule is CC(C)C[O-].CC(C)C[O-].CCC(C(C)=O)C(=O)[O-].CCC(C(C)=O)C(=O)[O-].[Ti+4]. The van der Waals surface area contributed by atoms with Crippen molar-refractivity contribution < 1.29 is 61.3 Å². The Kier molecular flexibility index (Phi) is 33.1. The van der Waals surface area contributed by atoms with Gasteiger partial charge in [-0.15, -0.1) is 13.2 Å². The van der Waals surface area contributed by atoms with Crippen molar-refractivity contribution in [2.75, 3.05) is 13.2 Å². The monoisotopic (exact) mass is 452 g/mol. The largest absolute Gasteiger partial charge is 4.00 e. The van der Waals surface area contributed by atoms with E-state index in [9.17, 15) is 39.6 Å². The van der Waals surface area contributed by atoms with Gasteiger partial charge in [-0.3, -0.25) is 9.59 Å². The molecule has 0 aromatic carbocycles. The number of hydrogen-bond acceptors (Lipinski definition) is 8. The molecule has 0 aliphatic rings. The van der Waals surface area contributed by atoms with Crippen LogP contribution in [-0.2, 0) is 40.9 Å². The number of hydrogen-bond donors (Lipinski definition) is 0. The second kappa shape index (κ2) is 25.0. The Bertz CT molecular complexity index is 368. The van der Waals surface area contributed by atoms with E-state index < -0.39 is 23.8 Å². The third-order valence-corrected chi connectivity index (χ3v) is 3.03. The standard InChI is InChI=1S/2C6H10O3.2C4H9O.Ti/c2*1-3-5(4(2)7)6(8)9;2*1-4(2)3-5;/h2*5H,3H2,1-2H3,(H,8,9);2*4H,3H2,1-2H3;/q;;2*-1;+4/p-2. The first kappa shape index (κ1) is 38.5. The number of rotatable bonds is 8. The Hall–Kier alpha value is -1.09. The predicted octanol–water partition coefficient (Wildman–Crippen LogP) is -1.29. The van der Waals surface area contributed by atoms with E-state index in [1.807, 2.05) is 27.7 Å². The van der Waals surface area contributed by atoms with Gasteiger partial charge in [0.2, 0.25) is 0 Å². The molecule has 0 aliphatic heterocycles. The Morgan fingerprint density at radius 2 is 0.828 bits per heavy atom. The predicted molar refractivity (Wildman–Crippen MR) is 98.3 cm³/mol. The van der Waals surface area contributed by atoms with Crippen LogP contribution in [0.2, 0.25) is 0 Å². The van der Waals surface area contributed by atoms with E-state index in [0.717, 1.165) is 0 Å². The maximum atomic E-state index is 10.4. The molecular formula is C20H36O8Ti. The van der Waals surface area contributed by atoms with Crippen LogP contribution >= 0.6 is 0 Å². The van der Waals surface area contributed by atoms with Gasteiger partial charge in [-0.1, -0.05) is 53.4 Å². The Morgan fingerprint density at radius 1 is 0.655 bits per heavy atom. The maximum Gasteiger partial charge on any atom is 4.00 e. The summed E-state index contributed by atoms with van der Waals surface area (Å²) in [5, 5.41) is 39.3. The summed E-state index contributed by atoms with van der Waals surface area (Å²) in [4.78, 5) is 40.9. The molecule has 0 heterocycles. The van der Waals surface area contributed by atoms with Gasteiger partial charge in [0.15, 0.2) is 0 Å². The van der Waals surface area contributed by atoms with Crippen LogP contribution in [0.3, 0.4) is 0 Å². The molecule has 0 aromatic rings. The van der Waals surface area contributed by atoms with Crippen molar-refractivity contribution >= 4 is 23.5 Å². The van der Waals surface area contributed by atoms with Crippen LogP contribution in [0.5, 0.6) is 0 Å². The number of carboxylic acid groups (broad SMARTS) is 2. The molecule has 0 rings (SSSR count). The zero-order valence-electron chi connectivity index (χ0n) is 18.9. The molecule has 0 spiro atoms. The first-order chi connectivity index (χ1) is 12.7. The van der Waals surface area contributed by atoms with Gasteiger partial charge >= 0.3 is 21.7 Å². The first-order valence-corrected chi connectivity index (χ1v) is 9.31. The Labute approximate surface area is 190 Å². The smallest absolute Gasteiger partial charge is 0.854 e. The quantitative estimate of drug-likeness (QED) is 0.325. The fourth-order valence-corrected chi connectivity index (χ4v) is 1.24. The molecule has 29 heavy (non-hydrogen) atoms. The van der Waals surface area contributed by atoms with Gasteiger partial charge in [-0.25, -0.2) is 0 Å². The van der Waals surface area contributed by atoms with Gasteiger partial charge < -0.3 is 30.0 Å². The summed E-state index contributed by atoms with van der Waals surface area (Å²) in [5.41, 5.74) is 0. The molecular weight excluding hydrogens is 416 g/mol. The number of Topliss-reactive ketones (excluding diaryl/α,β-unsaturated/α-hetero) is 2. The summed E-state index contributed by atoms with van der Waals surface area (Å²) < 4.78 is 0.